The molecule has 0 saturated heterocycles. The zero-order valence-electron chi connectivity index (χ0n) is 8.95. The summed E-state index contributed by atoms with van der Waals surface area (Å²) in [6.45, 7) is 0. The quantitative estimate of drug-likeness (QED) is 0.609. The fraction of sp³-hybridized carbons (Fsp3) is 0.0769. The van der Waals surface area contributed by atoms with Crippen LogP contribution in [0.25, 0.3) is 21.9 Å². The van der Waals surface area contributed by atoms with Crippen LogP contribution in [0, 0.1) is 0 Å². The minimum Gasteiger partial charge on any atom is -0.456 e. The molecule has 0 bridgehead atoms. The van der Waals surface area contributed by atoms with Gasteiger partial charge in [0, 0.05) is 29.9 Å². The van der Waals surface area contributed by atoms with Crippen LogP contribution in [-0.4, -0.2) is 7.05 Å². The lowest BCUT2D eigenvalue weighted by Crippen LogP contribution is -1.87. The lowest BCUT2D eigenvalue weighted by Gasteiger charge is -2.00. The smallest absolute Gasteiger partial charge is 0.137 e. The minimum atomic E-state index is 0.720. The topological polar surface area (TPSA) is 51.2 Å². The molecule has 0 aliphatic heterocycles. The molecule has 0 saturated carbocycles. The van der Waals surface area contributed by atoms with Crippen LogP contribution in [0.5, 0.6) is 0 Å². The number of hydrogen-bond acceptors (Lipinski definition) is 3. The molecule has 80 valence electrons. The number of anilines is 2. The van der Waals surface area contributed by atoms with Gasteiger partial charge >= 0.3 is 0 Å². The number of nitrogen functional groups attached to an aromatic ring is 1. The highest BCUT2D eigenvalue weighted by molar-refractivity contribution is 6.11. The molecule has 0 fully saturated rings. The van der Waals surface area contributed by atoms with Crippen molar-refractivity contribution in [3.63, 3.8) is 0 Å². The monoisotopic (exact) mass is 212 g/mol. The predicted octanol–water partition coefficient (Wildman–Crippen LogP) is 3.21. The van der Waals surface area contributed by atoms with Gasteiger partial charge in [-0.2, -0.15) is 0 Å². The Morgan fingerprint density at radius 1 is 1.12 bits per heavy atom. The first-order valence-electron chi connectivity index (χ1n) is 5.18. The van der Waals surface area contributed by atoms with Crippen molar-refractivity contribution in [2.24, 2.45) is 0 Å². The molecule has 0 radical (unpaired) electrons. The van der Waals surface area contributed by atoms with Gasteiger partial charge in [0.1, 0.15) is 11.2 Å². The van der Waals surface area contributed by atoms with Gasteiger partial charge in [-0.1, -0.05) is 6.07 Å². The molecule has 1 heterocycles. The van der Waals surface area contributed by atoms with Crippen molar-refractivity contribution in [2.45, 2.75) is 0 Å². The second kappa shape index (κ2) is 3.17. The van der Waals surface area contributed by atoms with E-state index in [-0.39, 0.29) is 0 Å². The van der Waals surface area contributed by atoms with Gasteiger partial charge in [0.2, 0.25) is 0 Å². The fourth-order valence-electron chi connectivity index (χ4n) is 2.05. The van der Waals surface area contributed by atoms with E-state index >= 15 is 0 Å². The van der Waals surface area contributed by atoms with Gasteiger partial charge in [-0.3, -0.25) is 0 Å². The summed E-state index contributed by atoms with van der Waals surface area (Å²) in [5, 5.41) is 5.37. The SMILES string of the molecule is CNc1cccc2oc3cc(N)ccc3c12. The summed E-state index contributed by atoms with van der Waals surface area (Å²) in [5.41, 5.74) is 9.24. The summed E-state index contributed by atoms with van der Waals surface area (Å²) in [6.07, 6.45) is 0. The van der Waals surface area contributed by atoms with E-state index in [9.17, 15) is 0 Å². The predicted molar refractivity (Wildman–Crippen MR) is 67.7 cm³/mol. The molecular weight excluding hydrogens is 200 g/mol. The molecule has 3 N–H and O–H groups in total. The first kappa shape index (κ1) is 9.09. The Labute approximate surface area is 92.8 Å². The average Bonchev–Trinajstić information content (AvgIpc) is 2.65. The Kier molecular flexibility index (Phi) is 1.80. The van der Waals surface area contributed by atoms with E-state index < -0.39 is 0 Å². The molecular formula is C13H12N2O. The van der Waals surface area contributed by atoms with Gasteiger partial charge < -0.3 is 15.5 Å². The zero-order chi connectivity index (χ0) is 11.1. The lowest BCUT2D eigenvalue weighted by atomic mass is 10.1. The zero-order valence-corrected chi connectivity index (χ0v) is 8.95. The van der Waals surface area contributed by atoms with Crippen molar-refractivity contribution >= 4 is 33.3 Å². The maximum atomic E-state index is 5.76. The molecule has 16 heavy (non-hydrogen) atoms. The van der Waals surface area contributed by atoms with E-state index in [1.165, 1.54) is 0 Å². The van der Waals surface area contributed by atoms with E-state index in [0.29, 0.717) is 0 Å². The molecule has 0 atom stereocenters. The van der Waals surface area contributed by atoms with Crippen LogP contribution in [0.15, 0.2) is 40.8 Å². The highest BCUT2D eigenvalue weighted by Gasteiger charge is 2.09. The van der Waals surface area contributed by atoms with Crippen LogP contribution >= 0.6 is 0 Å². The third kappa shape index (κ3) is 1.15. The van der Waals surface area contributed by atoms with Crippen LogP contribution in [0.3, 0.4) is 0 Å². The van der Waals surface area contributed by atoms with Crippen LogP contribution in [0.4, 0.5) is 11.4 Å². The van der Waals surface area contributed by atoms with E-state index in [1.807, 2.05) is 43.4 Å². The lowest BCUT2D eigenvalue weighted by molar-refractivity contribution is 0.669. The molecule has 0 spiro atoms. The molecule has 3 nitrogen and oxygen atoms in total. The standard InChI is InChI=1S/C13H12N2O/c1-15-10-3-2-4-11-13(10)9-6-5-8(14)7-12(9)16-11/h2-7,15H,14H2,1H3. The van der Waals surface area contributed by atoms with E-state index in [4.69, 9.17) is 10.2 Å². The summed E-state index contributed by atoms with van der Waals surface area (Å²) in [7, 11) is 1.91. The van der Waals surface area contributed by atoms with Gasteiger partial charge in [0.15, 0.2) is 0 Å². The van der Waals surface area contributed by atoms with Crippen molar-refractivity contribution in [1.29, 1.82) is 0 Å². The Balaban J connectivity index is 2.52. The third-order valence-electron chi connectivity index (χ3n) is 2.79. The van der Waals surface area contributed by atoms with Crippen molar-refractivity contribution in [1.82, 2.24) is 0 Å². The van der Waals surface area contributed by atoms with E-state index in [0.717, 1.165) is 33.3 Å². The Hall–Kier alpha value is -2.16. The summed E-state index contributed by atoms with van der Waals surface area (Å²) in [5.74, 6) is 0. The van der Waals surface area contributed by atoms with Gasteiger partial charge in [-0.05, 0) is 24.3 Å². The number of benzene rings is 2. The second-order valence-electron chi connectivity index (χ2n) is 3.79. The second-order valence-corrected chi connectivity index (χ2v) is 3.79. The summed E-state index contributed by atoms with van der Waals surface area (Å²) in [4.78, 5) is 0. The molecule has 3 aromatic rings. The number of fused-ring (bicyclic) bond motifs is 3. The van der Waals surface area contributed by atoms with Crippen molar-refractivity contribution < 1.29 is 4.42 Å². The number of nitrogens with two attached hydrogens (primary N) is 1. The van der Waals surface area contributed by atoms with Crippen molar-refractivity contribution in [3.8, 4) is 0 Å². The normalized spacial score (nSPS) is 11.1. The molecule has 2 aromatic carbocycles. The number of rotatable bonds is 1. The van der Waals surface area contributed by atoms with Gasteiger partial charge in [-0.25, -0.2) is 0 Å². The van der Waals surface area contributed by atoms with E-state index in [1.54, 1.807) is 0 Å². The van der Waals surface area contributed by atoms with E-state index in [2.05, 4.69) is 5.32 Å². The Morgan fingerprint density at radius 3 is 2.81 bits per heavy atom. The molecule has 0 amide bonds. The molecule has 0 unspecified atom stereocenters. The highest BCUT2D eigenvalue weighted by atomic mass is 16.3. The molecule has 3 heteroatoms. The van der Waals surface area contributed by atoms with Crippen LogP contribution in [0.2, 0.25) is 0 Å². The summed E-state index contributed by atoms with van der Waals surface area (Å²) < 4.78 is 5.76. The number of nitrogens with one attached hydrogen (secondary N) is 1. The Bertz CT molecular complexity index is 670. The van der Waals surface area contributed by atoms with Crippen LogP contribution in [0.1, 0.15) is 0 Å². The highest BCUT2D eigenvalue weighted by Crippen LogP contribution is 2.34. The van der Waals surface area contributed by atoms with Crippen molar-refractivity contribution in [3.05, 3.63) is 36.4 Å². The largest absolute Gasteiger partial charge is 0.456 e. The van der Waals surface area contributed by atoms with Crippen LogP contribution in [-0.2, 0) is 0 Å². The Morgan fingerprint density at radius 2 is 2.00 bits per heavy atom. The van der Waals surface area contributed by atoms with Gasteiger partial charge in [0.05, 0.1) is 5.39 Å². The first-order valence-corrected chi connectivity index (χ1v) is 5.18. The molecule has 1 aromatic heterocycles. The molecule has 3 rings (SSSR count). The maximum Gasteiger partial charge on any atom is 0.137 e. The maximum absolute atomic E-state index is 5.76. The third-order valence-corrected chi connectivity index (χ3v) is 2.79. The van der Waals surface area contributed by atoms with Gasteiger partial charge in [0.25, 0.3) is 0 Å². The number of furan rings is 1. The molecule has 0 aliphatic carbocycles. The minimum absolute atomic E-state index is 0.720. The average molecular weight is 212 g/mol. The fourth-order valence-corrected chi connectivity index (χ4v) is 2.05. The first-order chi connectivity index (χ1) is 7.79. The molecule has 0 aliphatic rings. The summed E-state index contributed by atoms with van der Waals surface area (Å²) in [6, 6.07) is 11.7. The van der Waals surface area contributed by atoms with Crippen molar-refractivity contribution in [2.75, 3.05) is 18.1 Å². The number of hydrogen-bond donors (Lipinski definition) is 2. The van der Waals surface area contributed by atoms with Crippen LogP contribution < -0.4 is 11.1 Å². The summed E-state index contributed by atoms with van der Waals surface area (Å²) >= 11 is 0. The van der Waals surface area contributed by atoms with Gasteiger partial charge in [-0.15, -0.1) is 0 Å².